The lowest BCUT2D eigenvalue weighted by Gasteiger charge is -1.89. The van der Waals surface area contributed by atoms with E-state index >= 15 is 0 Å². The molecule has 0 unspecified atom stereocenters. The van der Waals surface area contributed by atoms with Crippen LogP contribution in [-0.4, -0.2) is 18.9 Å². The van der Waals surface area contributed by atoms with Gasteiger partial charge in [0, 0.05) is 0 Å². The number of hydrogen-bond acceptors (Lipinski definition) is 4. The molecule has 0 spiro atoms. The largest absolute Gasteiger partial charge is 0.466 e. The van der Waals surface area contributed by atoms with E-state index in [9.17, 15) is 8.42 Å². The monoisotopic (exact) mass is 191 g/mol. The van der Waals surface area contributed by atoms with Gasteiger partial charge in [-0.2, -0.15) is 8.42 Å². The summed E-state index contributed by atoms with van der Waals surface area (Å²) in [6.07, 6.45) is 0. The van der Waals surface area contributed by atoms with Gasteiger partial charge in [0.2, 0.25) is 5.96 Å². The average Bonchev–Trinajstić information content (AvgIpc) is 1.59. The smallest absolute Gasteiger partial charge is 0.367 e. The number of nitrogens with zero attached hydrogens (tertiary/aromatic N) is 1. The van der Waals surface area contributed by atoms with Crippen LogP contribution in [0.2, 0.25) is 0 Å². The van der Waals surface area contributed by atoms with E-state index in [0.717, 1.165) is 0 Å². The predicted molar refractivity (Wildman–Crippen MR) is 35.7 cm³/mol. The van der Waals surface area contributed by atoms with Crippen molar-refractivity contribution in [1.82, 2.24) is 0 Å². The van der Waals surface area contributed by atoms with Crippen LogP contribution >= 0.6 is 12.4 Å². The maximum atomic E-state index is 9.65. The molecule has 0 saturated heterocycles. The van der Waals surface area contributed by atoms with Crippen molar-refractivity contribution in [3.05, 3.63) is 0 Å². The Balaban J connectivity index is 0. The fourth-order valence-electron chi connectivity index (χ4n) is 0.0901. The van der Waals surface area contributed by atoms with E-state index in [4.69, 9.17) is 4.55 Å². The standard InChI is InChI=1S/CH5N3O4S.ClH/c2-1(3)4-8-9(5,6)7;/h(H4,2,3,4)(H,5,6,7);1H. The molecule has 10 heavy (non-hydrogen) atoms. The number of rotatable bonds is 2. The molecule has 0 radical (unpaired) electrons. The minimum atomic E-state index is -4.57. The normalized spacial score (nSPS) is 9.30. The summed E-state index contributed by atoms with van der Waals surface area (Å²) in [5.74, 6) is -0.590. The summed E-state index contributed by atoms with van der Waals surface area (Å²) in [7, 11) is -4.57. The number of guanidine groups is 1. The lowest BCUT2D eigenvalue weighted by Crippen LogP contribution is -2.23. The van der Waals surface area contributed by atoms with Gasteiger partial charge in [-0.15, -0.1) is 12.4 Å². The first-order valence-corrected chi connectivity index (χ1v) is 3.03. The van der Waals surface area contributed by atoms with Gasteiger partial charge in [0.25, 0.3) is 0 Å². The van der Waals surface area contributed by atoms with E-state index < -0.39 is 16.4 Å². The molecular formula is CH6ClN3O4S. The van der Waals surface area contributed by atoms with Crippen molar-refractivity contribution in [2.75, 3.05) is 0 Å². The molecule has 7 nitrogen and oxygen atoms in total. The van der Waals surface area contributed by atoms with Crippen LogP contribution in [0.15, 0.2) is 5.16 Å². The van der Waals surface area contributed by atoms with Gasteiger partial charge in [-0.1, -0.05) is 0 Å². The minimum Gasteiger partial charge on any atom is -0.367 e. The topological polar surface area (TPSA) is 128 Å². The second-order valence-electron chi connectivity index (χ2n) is 1.02. The van der Waals surface area contributed by atoms with Crippen molar-refractivity contribution in [3.8, 4) is 0 Å². The minimum absolute atomic E-state index is 0. The highest BCUT2D eigenvalue weighted by atomic mass is 35.5. The second-order valence-corrected chi connectivity index (χ2v) is 2.02. The summed E-state index contributed by atoms with van der Waals surface area (Å²) in [6, 6.07) is 0. The lowest BCUT2D eigenvalue weighted by molar-refractivity contribution is 0.281. The third-order valence-electron chi connectivity index (χ3n) is 0.237. The van der Waals surface area contributed by atoms with Crippen LogP contribution < -0.4 is 11.5 Å². The van der Waals surface area contributed by atoms with Crippen LogP contribution in [0.3, 0.4) is 0 Å². The molecule has 0 amide bonds. The summed E-state index contributed by atoms with van der Waals surface area (Å²) in [5.41, 5.74) is 9.25. The van der Waals surface area contributed by atoms with Crippen LogP contribution in [0.25, 0.3) is 0 Å². The predicted octanol–water partition coefficient (Wildman–Crippen LogP) is -1.58. The maximum Gasteiger partial charge on any atom is 0.466 e. The summed E-state index contributed by atoms with van der Waals surface area (Å²) < 4.78 is 30.5. The van der Waals surface area contributed by atoms with Crippen LogP contribution in [-0.2, 0) is 14.7 Å². The quantitative estimate of drug-likeness (QED) is 0.209. The molecule has 0 aliphatic rings. The average molecular weight is 192 g/mol. The molecule has 5 N–H and O–H groups in total. The van der Waals surface area contributed by atoms with Crippen LogP contribution in [0.5, 0.6) is 0 Å². The Morgan fingerprint density at radius 3 is 2.00 bits per heavy atom. The zero-order valence-corrected chi connectivity index (χ0v) is 6.22. The van der Waals surface area contributed by atoms with E-state index in [1.165, 1.54) is 0 Å². The Bertz CT molecular complexity index is 205. The fraction of sp³-hybridized carbons (Fsp3) is 0. The van der Waals surface area contributed by atoms with Gasteiger partial charge in [-0.3, -0.25) is 4.55 Å². The lowest BCUT2D eigenvalue weighted by atomic mass is 11.1. The second kappa shape index (κ2) is 4.14. The Morgan fingerprint density at radius 1 is 1.50 bits per heavy atom. The molecule has 0 bridgehead atoms. The van der Waals surface area contributed by atoms with Crippen molar-refractivity contribution in [2.24, 2.45) is 16.6 Å². The van der Waals surface area contributed by atoms with Crippen LogP contribution in [0.4, 0.5) is 0 Å². The highest BCUT2D eigenvalue weighted by Crippen LogP contribution is 1.83. The molecule has 0 rings (SSSR count). The fourth-order valence-corrected chi connectivity index (χ4v) is 0.270. The Kier molecular flexibility index (Phi) is 4.97. The molecule has 0 aliphatic carbocycles. The van der Waals surface area contributed by atoms with Gasteiger partial charge in [0.15, 0.2) is 0 Å². The SMILES string of the molecule is Cl.NC(N)=NOS(=O)(=O)O. The van der Waals surface area contributed by atoms with Gasteiger partial charge in [0.1, 0.15) is 0 Å². The first-order chi connectivity index (χ1) is 3.92. The number of hydrogen-bond donors (Lipinski definition) is 3. The first kappa shape index (κ1) is 12.0. The molecule has 62 valence electrons. The van der Waals surface area contributed by atoms with Gasteiger partial charge < -0.3 is 11.5 Å². The molecule has 0 atom stereocenters. The molecule has 0 heterocycles. The van der Waals surface area contributed by atoms with Gasteiger partial charge in [-0.05, 0) is 5.16 Å². The molecule has 0 aromatic heterocycles. The molecule has 0 aliphatic heterocycles. The van der Waals surface area contributed by atoms with E-state index in [2.05, 4.69) is 20.9 Å². The Hall–Kier alpha value is -0.730. The molecule has 0 aromatic rings. The maximum absolute atomic E-state index is 9.65. The van der Waals surface area contributed by atoms with E-state index in [1.807, 2.05) is 0 Å². The summed E-state index contributed by atoms with van der Waals surface area (Å²) in [4.78, 5) is 0. The molecular weight excluding hydrogens is 186 g/mol. The van der Waals surface area contributed by atoms with Crippen molar-refractivity contribution in [2.45, 2.75) is 0 Å². The number of oxime groups is 1. The van der Waals surface area contributed by atoms with Crippen molar-refractivity contribution >= 4 is 28.8 Å². The van der Waals surface area contributed by atoms with E-state index in [-0.39, 0.29) is 12.4 Å². The van der Waals surface area contributed by atoms with Gasteiger partial charge in [0.05, 0.1) is 0 Å². The van der Waals surface area contributed by atoms with Crippen LogP contribution in [0, 0.1) is 0 Å². The van der Waals surface area contributed by atoms with Crippen LogP contribution in [0.1, 0.15) is 0 Å². The van der Waals surface area contributed by atoms with Gasteiger partial charge in [-0.25, -0.2) is 4.28 Å². The van der Waals surface area contributed by atoms with Crippen molar-refractivity contribution in [1.29, 1.82) is 0 Å². The molecule has 0 aromatic carbocycles. The van der Waals surface area contributed by atoms with Crippen molar-refractivity contribution < 1.29 is 17.3 Å². The molecule has 0 saturated carbocycles. The van der Waals surface area contributed by atoms with Gasteiger partial charge >= 0.3 is 10.4 Å². The Labute approximate surface area is 63.4 Å². The van der Waals surface area contributed by atoms with E-state index in [1.54, 1.807) is 0 Å². The zero-order valence-electron chi connectivity index (χ0n) is 4.59. The zero-order chi connectivity index (χ0) is 7.49. The van der Waals surface area contributed by atoms with E-state index in [0.29, 0.717) is 0 Å². The molecule has 0 fully saturated rings. The highest BCUT2D eigenvalue weighted by molar-refractivity contribution is 7.80. The first-order valence-electron chi connectivity index (χ1n) is 1.67. The summed E-state index contributed by atoms with van der Waals surface area (Å²) in [6.45, 7) is 0. The highest BCUT2D eigenvalue weighted by Gasteiger charge is 2.01. The third-order valence-corrected chi connectivity index (χ3v) is 0.500. The van der Waals surface area contributed by atoms with Crippen molar-refractivity contribution in [3.63, 3.8) is 0 Å². The molecule has 9 heteroatoms. The number of nitrogens with two attached hydrogens (primary N) is 2. The summed E-state index contributed by atoms with van der Waals surface area (Å²) >= 11 is 0. The summed E-state index contributed by atoms with van der Waals surface area (Å²) in [5, 5.41) is 2.53. The third kappa shape index (κ3) is 10.3. The Morgan fingerprint density at radius 2 is 1.90 bits per heavy atom. The number of halogens is 1.